The van der Waals surface area contributed by atoms with E-state index >= 15 is 0 Å². The molecule has 0 aliphatic rings. The van der Waals surface area contributed by atoms with Gasteiger partial charge in [0, 0.05) is 7.97 Å². The Morgan fingerprint density at radius 1 is 1.60 bits per heavy atom. The van der Waals surface area contributed by atoms with E-state index < -0.39 is 0 Å². The molecule has 0 aromatic heterocycles. The fraction of sp³-hybridized carbons (Fsp3) is 0.333. The van der Waals surface area contributed by atoms with Crippen molar-refractivity contribution < 1.29 is 1.43 Å². The van der Waals surface area contributed by atoms with E-state index in [0.29, 0.717) is 0 Å². The summed E-state index contributed by atoms with van der Waals surface area (Å²) in [4.78, 5) is 0. The maximum atomic E-state index is 3.64. The van der Waals surface area contributed by atoms with Gasteiger partial charge in [-0.1, -0.05) is 18.7 Å². The zero-order valence-electron chi connectivity index (χ0n) is 6.98. The number of likely N-dealkylation sites (N-methyl/N-ethyl adjacent to an activating group) is 1. The SMILES string of the molecule is C=C.C=C/C(=C\C)CNC.[HH]. The molecular formula is C9H19N. The summed E-state index contributed by atoms with van der Waals surface area (Å²) in [6.07, 6.45) is 3.90. The van der Waals surface area contributed by atoms with Crippen molar-refractivity contribution >= 4 is 0 Å². The number of nitrogens with one attached hydrogen (secondary N) is 1. The molecule has 0 atom stereocenters. The number of allylic oxidation sites excluding steroid dienone is 1. The second-order valence-corrected chi connectivity index (χ2v) is 1.60. The predicted octanol–water partition coefficient (Wildman–Crippen LogP) is 2.39. The molecule has 0 fully saturated rings. The van der Waals surface area contributed by atoms with Crippen molar-refractivity contribution in [1.82, 2.24) is 5.32 Å². The van der Waals surface area contributed by atoms with E-state index in [1.165, 1.54) is 5.57 Å². The molecule has 0 unspecified atom stereocenters. The second kappa shape index (κ2) is 11.0. The van der Waals surface area contributed by atoms with Crippen LogP contribution in [0.1, 0.15) is 8.35 Å². The van der Waals surface area contributed by atoms with Gasteiger partial charge in [-0.15, -0.1) is 13.2 Å². The Bertz CT molecular complexity index is 108. The predicted molar refractivity (Wildman–Crippen MR) is 51.2 cm³/mol. The first-order chi connectivity index (χ1) is 4.85. The van der Waals surface area contributed by atoms with Crippen LogP contribution in [-0.4, -0.2) is 13.6 Å². The van der Waals surface area contributed by atoms with Gasteiger partial charge in [0.05, 0.1) is 0 Å². The fourth-order valence-electron chi connectivity index (χ4n) is 0.496. The monoisotopic (exact) mass is 141 g/mol. The van der Waals surface area contributed by atoms with E-state index in [1.54, 1.807) is 0 Å². The summed E-state index contributed by atoms with van der Waals surface area (Å²) in [5, 5.41) is 3.03. The molecule has 0 aliphatic heterocycles. The minimum absolute atomic E-state index is 0. The van der Waals surface area contributed by atoms with Gasteiger partial charge in [-0.2, -0.15) is 0 Å². The van der Waals surface area contributed by atoms with E-state index in [9.17, 15) is 0 Å². The zero-order chi connectivity index (χ0) is 8.41. The molecule has 1 heteroatoms. The van der Waals surface area contributed by atoms with Crippen LogP contribution >= 0.6 is 0 Å². The van der Waals surface area contributed by atoms with Gasteiger partial charge in [-0.25, -0.2) is 0 Å². The minimum Gasteiger partial charge on any atom is -0.316 e. The van der Waals surface area contributed by atoms with E-state index in [-0.39, 0.29) is 1.43 Å². The van der Waals surface area contributed by atoms with Gasteiger partial charge in [0.1, 0.15) is 0 Å². The highest BCUT2D eigenvalue weighted by Gasteiger charge is 1.82. The fourth-order valence-corrected chi connectivity index (χ4v) is 0.496. The van der Waals surface area contributed by atoms with Crippen LogP contribution in [0.2, 0.25) is 0 Å². The molecule has 0 radical (unpaired) electrons. The number of rotatable bonds is 3. The van der Waals surface area contributed by atoms with Crippen molar-refractivity contribution in [3.05, 3.63) is 37.5 Å². The Morgan fingerprint density at radius 2 is 2.10 bits per heavy atom. The summed E-state index contributed by atoms with van der Waals surface area (Å²) in [7, 11) is 1.92. The Labute approximate surface area is 65.6 Å². The first kappa shape index (κ1) is 11.9. The highest BCUT2D eigenvalue weighted by Crippen LogP contribution is 1.89. The molecule has 0 aliphatic carbocycles. The molecule has 0 spiro atoms. The Hall–Kier alpha value is -0.820. The molecular weight excluding hydrogens is 122 g/mol. The molecule has 0 heterocycles. The Kier molecular flexibility index (Phi) is 13.2. The van der Waals surface area contributed by atoms with Crippen LogP contribution in [0.15, 0.2) is 37.5 Å². The average molecular weight is 141 g/mol. The molecule has 0 aromatic rings. The first-order valence-electron chi connectivity index (χ1n) is 3.27. The van der Waals surface area contributed by atoms with Crippen LogP contribution in [0.4, 0.5) is 0 Å². The van der Waals surface area contributed by atoms with Crippen LogP contribution in [0.3, 0.4) is 0 Å². The zero-order valence-corrected chi connectivity index (χ0v) is 6.98. The third-order valence-corrected chi connectivity index (χ3v) is 1.01. The standard InChI is InChI=1S/C7H13N.C2H4.H2/c1-4-7(5-2)6-8-3;1-2;/h4-5,8H,1,6H2,2-3H3;1-2H2;1H/b7-5+;;. The Balaban J connectivity index is -0.000000196. The van der Waals surface area contributed by atoms with Gasteiger partial charge in [-0.05, 0) is 19.5 Å². The van der Waals surface area contributed by atoms with Crippen LogP contribution in [-0.2, 0) is 0 Å². The molecule has 1 nitrogen and oxygen atoms in total. The molecule has 0 aromatic carbocycles. The van der Waals surface area contributed by atoms with Gasteiger partial charge in [0.25, 0.3) is 0 Å². The third kappa shape index (κ3) is 7.18. The lowest BCUT2D eigenvalue weighted by molar-refractivity contribution is 0.894. The van der Waals surface area contributed by atoms with Gasteiger partial charge >= 0.3 is 0 Å². The molecule has 0 bridgehead atoms. The quantitative estimate of drug-likeness (QED) is 0.470. The molecule has 60 valence electrons. The molecule has 0 saturated carbocycles. The summed E-state index contributed by atoms with van der Waals surface area (Å²) >= 11 is 0. The van der Waals surface area contributed by atoms with Gasteiger partial charge in [-0.3, -0.25) is 0 Å². The lowest BCUT2D eigenvalue weighted by atomic mass is 10.2. The number of hydrogen-bond donors (Lipinski definition) is 1. The molecule has 1 N–H and O–H groups in total. The highest BCUT2D eigenvalue weighted by molar-refractivity contribution is 5.16. The van der Waals surface area contributed by atoms with Crippen molar-refractivity contribution in [2.45, 2.75) is 6.92 Å². The van der Waals surface area contributed by atoms with E-state index in [1.807, 2.05) is 26.1 Å². The summed E-state index contributed by atoms with van der Waals surface area (Å²) in [5.41, 5.74) is 1.24. The average Bonchev–Trinajstić information content (AvgIpc) is 2.04. The summed E-state index contributed by atoms with van der Waals surface area (Å²) < 4.78 is 0. The largest absolute Gasteiger partial charge is 0.316 e. The third-order valence-electron chi connectivity index (χ3n) is 1.01. The summed E-state index contributed by atoms with van der Waals surface area (Å²) in [6, 6.07) is 0. The van der Waals surface area contributed by atoms with Crippen molar-refractivity contribution in [3.8, 4) is 0 Å². The van der Waals surface area contributed by atoms with Gasteiger partial charge in [0.2, 0.25) is 0 Å². The molecule has 10 heavy (non-hydrogen) atoms. The first-order valence-corrected chi connectivity index (χ1v) is 3.27. The molecule has 0 amide bonds. The lowest BCUT2D eigenvalue weighted by Gasteiger charge is -1.95. The lowest BCUT2D eigenvalue weighted by Crippen LogP contribution is -2.08. The second-order valence-electron chi connectivity index (χ2n) is 1.60. The highest BCUT2D eigenvalue weighted by atomic mass is 14.8. The van der Waals surface area contributed by atoms with Crippen LogP contribution in [0.25, 0.3) is 0 Å². The van der Waals surface area contributed by atoms with E-state index in [4.69, 9.17) is 0 Å². The van der Waals surface area contributed by atoms with Crippen LogP contribution in [0.5, 0.6) is 0 Å². The summed E-state index contributed by atoms with van der Waals surface area (Å²) in [5.74, 6) is 0. The smallest absolute Gasteiger partial charge is 0.0199 e. The normalized spacial score (nSPS) is 9.60. The number of hydrogen-bond acceptors (Lipinski definition) is 1. The molecule has 0 rings (SSSR count). The van der Waals surface area contributed by atoms with Crippen molar-refractivity contribution in [3.63, 3.8) is 0 Å². The van der Waals surface area contributed by atoms with E-state index in [0.717, 1.165) is 6.54 Å². The van der Waals surface area contributed by atoms with Crippen molar-refractivity contribution in [2.24, 2.45) is 0 Å². The Morgan fingerprint density at radius 3 is 2.20 bits per heavy atom. The summed E-state index contributed by atoms with van der Waals surface area (Å²) in [6.45, 7) is 12.6. The van der Waals surface area contributed by atoms with Gasteiger partial charge < -0.3 is 5.32 Å². The maximum Gasteiger partial charge on any atom is 0.0199 e. The van der Waals surface area contributed by atoms with Crippen LogP contribution in [0, 0.1) is 0 Å². The maximum absolute atomic E-state index is 3.64. The van der Waals surface area contributed by atoms with Crippen LogP contribution < -0.4 is 5.32 Å². The van der Waals surface area contributed by atoms with E-state index in [2.05, 4.69) is 25.1 Å². The molecule has 0 saturated heterocycles. The minimum atomic E-state index is 0. The topological polar surface area (TPSA) is 12.0 Å². The van der Waals surface area contributed by atoms with Crippen molar-refractivity contribution in [2.75, 3.05) is 13.6 Å². The van der Waals surface area contributed by atoms with Crippen molar-refractivity contribution in [1.29, 1.82) is 0 Å². The van der Waals surface area contributed by atoms with Gasteiger partial charge in [0.15, 0.2) is 0 Å².